The summed E-state index contributed by atoms with van der Waals surface area (Å²) in [6, 6.07) is 2.65. The molecule has 80 valence electrons. The van der Waals surface area contributed by atoms with E-state index in [9.17, 15) is 0 Å². The van der Waals surface area contributed by atoms with Crippen LogP contribution in [0.2, 0.25) is 0 Å². The van der Waals surface area contributed by atoms with Gasteiger partial charge in [0.05, 0.1) is 0 Å². The maximum Gasteiger partial charge on any atom is 0.0125 e. The van der Waals surface area contributed by atoms with E-state index in [2.05, 4.69) is 10.2 Å². The molecule has 3 fully saturated rings. The highest BCUT2D eigenvalue weighted by Crippen LogP contribution is 2.30. The van der Waals surface area contributed by atoms with Crippen molar-refractivity contribution < 1.29 is 0 Å². The van der Waals surface area contributed by atoms with Crippen molar-refractivity contribution in [1.29, 1.82) is 0 Å². The summed E-state index contributed by atoms with van der Waals surface area (Å²) in [7, 11) is 0. The molecule has 14 heavy (non-hydrogen) atoms. The maximum absolute atomic E-state index is 3.73. The van der Waals surface area contributed by atoms with E-state index in [0.29, 0.717) is 0 Å². The fourth-order valence-electron chi connectivity index (χ4n) is 3.61. The van der Waals surface area contributed by atoms with Crippen molar-refractivity contribution in [3.63, 3.8) is 0 Å². The Morgan fingerprint density at radius 3 is 2.14 bits per heavy atom. The second kappa shape index (κ2) is 3.82. The molecule has 2 heteroatoms. The van der Waals surface area contributed by atoms with Gasteiger partial charge in [-0.25, -0.2) is 0 Å². The number of rotatable bonds is 1. The van der Waals surface area contributed by atoms with E-state index in [0.717, 1.165) is 18.1 Å². The zero-order chi connectivity index (χ0) is 9.38. The van der Waals surface area contributed by atoms with Gasteiger partial charge in [-0.15, -0.1) is 0 Å². The summed E-state index contributed by atoms with van der Waals surface area (Å²) in [5.74, 6) is 0. The third kappa shape index (κ3) is 1.70. The molecular weight excluding hydrogens is 172 g/mol. The lowest BCUT2D eigenvalue weighted by molar-refractivity contribution is 0.119. The molecule has 1 unspecified atom stereocenters. The molecule has 2 nitrogen and oxygen atoms in total. The van der Waals surface area contributed by atoms with Gasteiger partial charge in [-0.1, -0.05) is 6.42 Å². The molecule has 0 aromatic carbocycles. The van der Waals surface area contributed by atoms with E-state index in [4.69, 9.17) is 0 Å². The van der Waals surface area contributed by atoms with Crippen LogP contribution in [0.1, 0.15) is 44.9 Å². The Morgan fingerprint density at radius 2 is 1.50 bits per heavy atom. The van der Waals surface area contributed by atoms with Crippen LogP contribution in [-0.4, -0.2) is 36.1 Å². The third-order valence-electron chi connectivity index (χ3n) is 4.36. The summed E-state index contributed by atoms with van der Waals surface area (Å²) < 4.78 is 0. The highest BCUT2D eigenvalue weighted by Gasteiger charge is 2.35. The van der Waals surface area contributed by atoms with Crippen LogP contribution in [0.3, 0.4) is 0 Å². The van der Waals surface area contributed by atoms with E-state index >= 15 is 0 Å². The van der Waals surface area contributed by atoms with E-state index < -0.39 is 0 Å². The van der Waals surface area contributed by atoms with Gasteiger partial charge in [0.1, 0.15) is 0 Å². The molecule has 0 saturated carbocycles. The first-order chi connectivity index (χ1) is 6.92. The Morgan fingerprint density at radius 1 is 0.857 bits per heavy atom. The van der Waals surface area contributed by atoms with Crippen LogP contribution in [0.25, 0.3) is 0 Å². The number of nitrogens with one attached hydrogen (secondary N) is 1. The van der Waals surface area contributed by atoms with E-state index in [1.54, 1.807) is 0 Å². The third-order valence-corrected chi connectivity index (χ3v) is 4.36. The van der Waals surface area contributed by atoms with Gasteiger partial charge in [0.25, 0.3) is 0 Å². The predicted octanol–water partition coefficient (Wildman–Crippen LogP) is 1.76. The van der Waals surface area contributed by atoms with Gasteiger partial charge in [0, 0.05) is 18.1 Å². The second-order valence-corrected chi connectivity index (χ2v) is 5.36. The average Bonchev–Trinajstić information content (AvgIpc) is 2.59. The Kier molecular flexibility index (Phi) is 2.50. The lowest BCUT2D eigenvalue weighted by atomic mass is 9.96. The van der Waals surface area contributed by atoms with E-state index in [1.165, 1.54) is 58.0 Å². The van der Waals surface area contributed by atoms with Crippen LogP contribution < -0.4 is 5.32 Å². The summed E-state index contributed by atoms with van der Waals surface area (Å²) in [5, 5.41) is 3.73. The highest BCUT2D eigenvalue weighted by molar-refractivity contribution is 4.95. The van der Waals surface area contributed by atoms with Crippen LogP contribution in [-0.2, 0) is 0 Å². The van der Waals surface area contributed by atoms with Crippen molar-refractivity contribution >= 4 is 0 Å². The van der Waals surface area contributed by atoms with Gasteiger partial charge in [-0.2, -0.15) is 0 Å². The number of hydrogen-bond donors (Lipinski definition) is 1. The van der Waals surface area contributed by atoms with Crippen molar-refractivity contribution in [3.8, 4) is 0 Å². The zero-order valence-electron chi connectivity index (χ0n) is 9.04. The number of nitrogens with zero attached hydrogens (tertiary/aromatic N) is 1. The minimum Gasteiger partial charge on any atom is -0.311 e. The van der Waals surface area contributed by atoms with Crippen LogP contribution in [0.15, 0.2) is 0 Å². The molecule has 3 atom stereocenters. The number of likely N-dealkylation sites (tertiary alicyclic amines) is 1. The lowest BCUT2D eigenvalue weighted by Gasteiger charge is -2.39. The summed E-state index contributed by atoms with van der Waals surface area (Å²) in [6.07, 6.45) is 10.1. The Balaban J connectivity index is 1.61. The Bertz CT molecular complexity index is 186. The molecule has 0 spiro atoms. The summed E-state index contributed by atoms with van der Waals surface area (Å²) in [4.78, 5) is 2.77. The highest BCUT2D eigenvalue weighted by atomic mass is 15.2. The lowest BCUT2D eigenvalue weighted by Crippen LogP contribution is -2.49. The average molecular weight is 194 g/mol. The van der Waals surface area contributed by atoms with Crippen molar-refractivity contribution in [2.24, 2.45) is 0 Å². The molecule has 0 aromatic heterocycles. The molecule has 0 aromatic rings. The number of piperidine rings is 2. The quantitative estimate of drug-likeness (QED) is 0.684. The second-order valence-electron chi connectivity index (χ2n) is 5.36. The van der Waals surface area contributed by atoms with Gasteiger partial charge in [0.2, 0.25) is 0 Å². The molecule has 3 aliphatic heterocycles. The molecule has 3 rings (SSSR count). The van der Waals surface area contributed by atoms with E-state index in [-0.39, 0.29) is 0 Å². The van der Waals surface area contributed by atoms with Gasteiger partial charge in [-0.05, 0) is 51.6 Å². The summed E-state index contributed by atoms with van der Waals surface area (Å²) in [6.45, 7) is 2.76. The first-order valence-electron chi connectivity index (χ1n) is 6.42. The SMILES string of the molecule is C1CCN(C2C[C@H]3CC[C@@H](C2)N3)CC1. The largest absolute Gasteiger partial charge is 0.311 e. The van der Waals surface area contributed by atoms with Crippen molar-refractivity contribution in [3.05, 3.63) is 0 Å². The number of fused-ring (bicyclic) bond motifs is 2. The minimum atomic E-state index is 0.862. The summed E-state index contributed by atoms with van der Waals surface area (Å²) in [5.41, 5.74) is 0. The predicted molar refractivity (Wildman–Crippen MR) is 58.4 cm³/mol. The molecular formula is C12H22N2. The molecule has 0 amide bonds. The monoisotopic (exact) mass is 194 g/mol. The topological polar surface area (TPSA) is 15.3 Å². The fourth-order valence-corrected chi connectivity index (χ4v) is 3.61. The normalized spacial score (nSPS) is 44.1. The van der Waals surface area contributed by atoms with Crippen molar-refractivity contribution in [2.75, 3.05) is 13.1 Å². The van der Waals surface area contributed by atoms with Gasteiger partial charge >= 0.3 is 0 Å². The van der Waals surface area contributed by atoms with Gasteiger partial charge in [0.15, 0.2) is 0 Å². The van der Waals surface area contributed by atoms with Crippen LogP contribution in [0, 0.1) is 0 Å². The molecule has 3 saturated heterocycles. The number of hydrogen-bond acceptors (Lipinski definition) is 2. The first kappa shape index (κ1) is 9.17. The standard InChI is InChI=1S/C12H22N2/c1-2-6-14(7-3-1)12-8-10-4-5-11(9-12)13-10/h10-13H,1-9H2/t10-,11+,12?. The van der Waals surface area contributed by atoms with Crippen LogP contribution >= 0.6 is 0 Å². The minimum absolute atomic E-state index is 0.862. The van der Waals surface area contributed by atoms with Gasteiger partial charge in [-0.3, -0.25) is 0 Å². The van der Waals surface area contributed by atoms with E-state index in [1.807, 2.05) is 0 Å². The molecule has 0 aliphatic carbocycles. The molecule has 3 heterocycles. The zero-order valence-corrected chi connectivity index (χ0v) is 9.04. The van der Waals surface area contributed by atoms with Crippen LogP contribution in [0.5, 0.6) is 0 Å². The molecule has 0 radical (unpaired) electrons. The fraction of sp³-hybridized carbons (Fsp3) is 1.00. The first-order valence-corrected chi connectivity index (χ1v) is 6.42. The molecule has 1 N–H and O–H groups in total. The molecule has 3 aliphatic rings. The van der Waals surface area contributed by atoms with Crippen molar-refractivity contribution in [2.45, 2.75) is 63.1 Å². The smallest absolute Gasteiger partial charge is 0.0125 e. The summed E-state index contributed by atoms with van der Waals surface area (Å²) >= 11 is 0. The van der Waals surface area contributed by atoms with Gasteiger partial charge < -0.3 is 10.2 Å². The molecule has 2 bridgehead atoms. The van der Waals surface area contributed by atoms with Crippen LogP contribution in [0.4, 0.5) is 0 Å². The maximum atomic E-state index is 3.73. The Hall–Kier alpha value is -0.0800. The van der Waals surface area contributed by atoms with Crippen molar-refractivity contribution in [1.82, 2.24) is 10.2 Å². The Labute approximate surface area is 87.0 Å².